The number of aromatic hydroxyl groups is 1. The summed E-state index contributed by atoms with van der Waals surface area (Å²) in [6.07, 6.45) is 3.35. The number of thioether (sulfide) groups is 1. The van der Waals surface area contributed by atoms with Crippen molar-refractivity contribution in [3.8, 4) is 11.5 Å². The third kappa shape index (κ3) is 4.32. The predicted molar refractivity (Wildman–Crippen MR) is 98.0 cm³/mol. The van der Waals surface area contributed by atoms with E-state index < -0.39 is 17.9 Å². The molecule has 1 aliphatic rings. The van der Waals surface area contributed by atoms with Gasteiger partial charge >= 0.3 is 0 Å². The molecule has 1 atom stereocenters. The molecule has 1 N–H and O–H groups in total. The highest BCUT2D eigenvalue weighted by atomic mass is 32.2. The Kier molecular flexibility index (Phi) is 6.44. The number of benzene rings is 1. The summed E-state index contributed by atoms with van der Waals surface area (Å²) in [6.45, 7) is 1.94. The Balaban J connectivity index is 2.29. The fourth-order valence-corrected chi connectivity index (χ4v) is 3.79. The van der Waals surface area contributed by atoms with Crippen molar-refractivity contribution in [1.82, 2.24) is 4.90 Å². The molecule has 8 heteroatoms. The summed E-state index contributed by atoms with van der Waals surface area (Å²) in [5.41, 5.74) is 0.633. The number of thiocarbonyl (C=S) groups is 1. The second-order valence-corrected chi connectivity index (χ2v) is 7.14. The number of hydrogen-bond donors (Lipinski definition) is 1. The van der Waals surface area contributed by atoms with E-state index in [0.29, 0.717) is 23.3 Å². The Hall–Kier alpha value is -2.06. The quantitative estimate of drug-likeness (QED) is 0.571. The third-order valence-corrected chi connectivity index (χ3v) is 5.07. The zero-order chi connectivity index (χ0) is 18.6. The van der Waals surface area contributed by atoms with Gasteiger partial charge in [-0.15, -0.1) is 0 Å². The summed E-state index contributed by atoms with van der Waals surface area (Å²) in [5.74, 6) is -1.49. The Morgan fingerprint density at radius 2 is 2.24 bits per heavy atom. The van der Waals surface area contributed by atoms with Gasteiger partial charge in [-0.2, -0.15) is 0 Å². The summed E-state index contributed by atoms with van der Waals surface area (Å²) in [7, 11) is 1.43. The van der Waals surface area contributed by atoms with Crippen LogP contribution in [0.15, 0.2) is 23.1 Å². The summed E-state index contributed by atoms with van der Waals surface area (Å²) in [5, 5.41) is 21.1. The molecule has 0 aliphatic carbocycles. The molecule has 1 aliphatic heterocycles. The van der Waals surface area contributed by atoms with Gasteiger partial charge in [0.25, 0.3) is 5.91 Å². The number of rotatable bonds is 7. The van der Waals surface area contributed by atoms with Crippen LogP contribution in [0.3, 0.4) is 0 Å². The maximum atomic E-state index is 12.6. The van der Waals surface area contributed by atoms with Gasteiger partial charge in [-0.3, -0.25) is 9.69 Å². The maximum absolute atomic E-state index is 12.6. The molecular weight excluding hydrogens is 362 g/mol. The van der Waals surface area contributed by atoms with Crippen molar-refractivity contribution in [2.75, 3.05) is 7.11 Å². The molecule has 0 saturated carbocycles. The number of carbonyl (C=O) groups excluding carboxylic acids is 2. The second kappa shape index (κ2) is 8.35. The van der Waals surface area contributed by atoms with Crippen LogP contribution in [0.25, 0.3) is 6.08 Å². The molecule has 1 amide bonds. The van der Waals surface area contributed by atoms with E-state index in [2.05, 4.69) is 0 Å². The molecule has 6 nitrogen and oxygen atoms in total. The lowest BCUT2D eigenvalue weighted by Gasteiger charge is -2.27. The molecule has 2 rings (SSSR count). The number of carboxylic acids is 1. The Morgan fingerprint density at radius 3 is 2.84 bits per heavy atom. The lowest BCUT2D eigenvalue weighted by Crippen LogP contribution is -2.49. The molecule has 1 aromatic rings. The average Bonchev–Trinajstić information content (AvgIpc) is 2.84. The minimum Gasteiger partial charge on any atom is -0.548 e. The van der Waals surface area contributed by atoms with Crippen LogP contribution in [0.1, 0.15) is 31.7 Å². The molecule has 1 saturated heterocycles. The van der Waals surface area contributed by atoms with E-state index in [1.54, 1.807) is 18.2 Å². The lowest BCUT2D eigenvalue weighted by molar-refractivity contribution is -0.310. The first-order valence-corrected chi connectivity index (χ1v) is 8.96. The number of unbranched alkanes of at least 4 members (excludes halogenated alkanes) is 1. The summed E-state index contributed by atoms with van der Waals surface area (Å²) in [6, 6.07) is 3.59. The molecular formula is C17H18NO5S2-. The molecule has 0 radical (unpaired) electrons. The first kappa shape index (κ1) is 19.3. The standard InChI is InChI=1S/C17H19NO5S2/c1-3-4-5-11(16(21)22)18-15(20)14(25-17(18)24)9-10-6-7-12(19)13(8-10)23-2/h6-9,11,19H,3-5H2,1-2H3,(H,21,22)/p-1/b14-9-/t11-/m1/s1. The number of hydrogen-bond acceptors (Lipinski definition) is 7. The van der Waals surface area contributed by atoms with Crippen LogP contribution >= 0.6 is 24.0 Å². The van der Waals surface area contributed by atoms with Crippen LogP contribution in [-0.2, 0) is 9.59 Å². The molecule has 25 heavy (non-hydrogen) atoms. The largest absolute Gasteiger partial charge is 0.548 e. The van der Waals surface area contributed by atoms with E-state index in [1.807, 2.05) is 6.92 Å². The zero-order valence-electron chi connectivity index (χ0n) is 13.9. The molecule has 1 aromatic carbocycles. The van der Waals surface area contributed by atoms with Crippen LogP contribution in [0, 0.1) is 0 Å². The van der Waals surface area contributed by atoms with Crippen LogP contribution < -0.4 is 9.84 Å². The summed E-state index contributed by atoms with van der Waals surface area (Å²) >= 11 is 6.25. The van der Waals surface area contributed by atoms with Gasteiger partial charge in [0, 0.05) is 0 Å². The molecule has 0 spiro atoms. The van der Waals surface area contributed by atoms with Crippen molar-refractivity contribution < 1.29 is 24.5 Å². The molecule has 1 heterocycles. The number of aliphatic carboxylic acids is 1. The first-order valence-electron chi connectivity index (χ1n) is 7.74. The smallest absolute Gasteiger partial charge is 0.266 e. The van der Waals surface area contributed by atoms with Crippen LogP contribution in [0.5, 0.6) is 11.5 Å². The van der Waals surface area contributed by atoms with Gasteiger partial charge < -0.3 is 19.7 Å². The Morgan fingerprint density at radius 1 is 1.52 bits per heavy atom. The van der Waals surface area contributed by atoms with Crippen molar-refractivity contribution in [3.05, 3.63) is 28.7 Å². The number of methoxy groups -OCH3 is 1. The van der Waals surface area contributed by atoms with Gasteiger partial charge in [-0.1, -0.05) is 49.8 Å². The van der Waals surface area contributed by atoms with Gasteiger partial charge in [-0.05, 0) is 30.2 Å². The van der Waals surface area contributed by atoms with Crippen LogP contribution in [0.2, 0.25) is 0 Å². The van der Waals surface area contributed by atoms with E-state index in [-0.39, 0.29) is 15.8 Å². The molecule has 1 fully saturated rings. The summed E-state index contributed by atoms with van der Waals surface area (Å²) < 4.78 is 5.24. The van der Waals surface area contributed by atoms with Crippen molar-refractivity contribution in [3.63, 3.8) is 0 Å². The Labute approximate surface area is 155 Å². The first-order chi connectivity index (χ1) is 11.9. The molecule has 0 unspecified atom stereocenters. The molecule has 0 bridgehead atoms. The topological polar surface area (TPSA) is 89.9 Å². The number of carboxylic acid groups (broad SMARTS) is 1. The number of ether oxygens (including phenoxy) is 1. The van der Waals surface area contributed by atoms with Gasteiger partial charge in [0.05, 0.1) is 24.0 Å². The second-order valence-electron chi connectivity index (χ2n) is 5.46. The van der Waals surface area contributed by atoms with Gasteiger partial charge in [-0.25, -0.2) is 0 Å². The van der Waals surface area contributed by atoms with Crippen molar-refractivity contribution in [2.24, 2.45) is 0 Å². The number of carbonyl (C=O) groups is 2. The fourth-order valence-electron chi connectivity index (χ4n) is 2.43. The van der Waals surface area contributed by atoms with E-state index in [9.17, 15) is 19.8 Å². The van der Waals surface area contributed by atoms with Crippen molar-refractivity contribution in [1.29, 1.82) is 0 Å². The fraction of sp³-hybridized carbons (Fsp3) is 0.353. The number of phenols is 1. The average molecular weight is 380 g/mol. The highest BCUT2D eigenvalue weighted by molar-refractivity contribution is 8.26. The van der Waals surface area contributed by atoms with Gasteiger partial charge in [0.1, 0.15) is 4.32 Å². The van der Waals surface area contributed by atoms with Crippen molar-refractivity contribution >= 4 is 46.3 Å². The maximum Gasteiger partial charge on any atom is 0.266 e. The monoisotopic (exact) mass is 380 g/mol. The number of amides is 1. The van der Waals surface area contributed by atoms with E-state index in [4.69, 9.17) is 17.0 Å². The predicted octanol–water partition coefficient (Wildman–Crippen LogP) is 1.91. The van der Waals surface area contributed by atoms with Gasteiger partial charge in [0.2, 0.25) is 0 Å². The summed E-state index contributed by atoms with van der Waals surface area (Å²) in [4.78, 5) is 25.5. The van der Waals surface area contributed by atoms with Crippen molar-refractivity contribution in [2.45, 2.75) is 32.2 Å². The third-order valence-electron chi connectivity index (χ3n) is 3.74. The highest BCUT2D eigenvalue weighted by Crippen LogP contribution is 2.36. The minimum atomic E-state index is -1.31. The van der Waals surface area contributed by atoms with Crippen LogP contribution in [-0.4, -0.2) is 39.4 Å². The normalized spacial score (nSPS) is 17.2. The minimum absolute atomic E-state index is 0.0104. The molecule has 134 valence electrons. The van der Waals surface area contributed by atoms with E-state index in [0.717, 1.165) is 23.1 Å². The lowest BCUT2D eigenvalue weighted by atomic mass is 10.1. The SMILES string of the molecule is CCCC[C@H](C(=O)[O-])N1C(=O)/C(=C/c2ccc(O)c(OC)c2)SC1=S. The van der Waals surface area contributed by atoms with Crippen LogP contribution in [0.4, 0.5) is 0 Å². The Bertz CT molecular complexity index is 732. The molecule has 0 aromatic heterocycles. The number of nitrogens with zero attached hydrogens (tertiary/aromatic N) is 1. The highest BCUT2D eigenvalue weighted by Gasteiger charge is 2.37. The van der Waals surface area contributed by atoms with E-state index >= 15 is 0 Å². The van der Waals surface area contributed by atoms with E-state index in [1.165, 1.54) is 13.2 Å². The van der Waals surface area contributed by atoms with Gasteiger partial charge in [0.15, 0.2) is 11.5 Å². The number of phenolic OH excluding ortho intramolecular Hbond substituents is 1. The zero-order valence-corrected chi connectivity index (χ0v) is 15.5.